The molecule has 0 N–H and O–H groups in total. The number of imidazole rings is 1. The number of hydrogen-bond donors (Lipinski definition) is 0. The molecule has 0 bridgehead atoms. The van der Waals surface area contributed by atoms with Crippen LogP contribution in [0.15, 0.2) is 67.0 Å². The molecule has 3 nitrogen and oxygen atoms in total. The molecule has 0 radical (unpaired) electrons. The van der Waals surface area contributed by atoms with Gasteiger partial charge in [0.1, 0.15) is 18.2 Å². The molecule has 25 heavy (non-hydrogen) atoms. The summed E-state index contributed by atoms with van der Waals surface area (Å²) < 4.78 is 8.24. The molecule has 3 heteroatoms. The average molecular weight is 332 g/mol. The van der Waals surface area contributed by atoms with Crippen molar-refractivity contribution in [2.24, 2.45) is 0 Å². The van der Waals surface area contributed by atoms with Crippen molar-refractivity contribution in [2.75, 3.05) is 0 Å². The first-order valence-corrected chi connectivity index (χ1v) is 9.20. The van der Waals surface area contributed by atoms with Gasteiger partial charge in [0, 0.05) is 24.0 Å². The SMILES string of the molecule is c1ccc(COc2ccc(-c3nccn3C3CCCCC3)cc2)cc1. The van der Waals surface area contributed by atoms with E-state index in [1.165, 1.54) is 37.7 Å². The van der Waals surface area contributed by atoms with E-state index in [0.29, 0.717) is 12.6 Å². The van der Waals surface area contributed by atoms with E-state index in [0.717, 1.165) is 17.1 Å². The summed E-state index contributed by atoms with van der Waals surface area (Å²) in [4.78, 5) is 4.61. The lowest BCUT2D eigenvalue weighted by Gasteiger charge is -2.24. The van der Waals surface area contributed by atoms with E-state index in [9.17, 15) is 0 Å². The monoisotopic (exact) mass is 332 g/mol. The van der Waals surface area contributed by atoms with Gasteiger partial charge in [0.2, 0.25) is 0 Å². The Morgan fingerprint density at radius 1 is 0.920 bits per heavy atom. The third kappa shape index (κ3) is 3.76. The largest absolute Gasteiger partial charge is 0.489 e. The van der Waals surface area contributed by atoms with Crippen molar-refractivity contribution in [1.29, 1.82) is 0 Å². The molecule has 4 rings (SSSR count). The molecule has 2 aromatic carbocycles. The molecule has 128 valence electrons. The van der Waals surface area contributed by atoms with Crippen LogP contribution in [-0.2, 0) is 6.61 Å². The summed E-state index contributed by atoms with van der Waals surface area (Å²) in [6, 6.07) is 19.2. The van der Waals surface area contributed by atoms with E-state index in [1.54, 1.807) is 0 Å². The summed E-state index contributed by atoms with van der Waals surface area (Å²) in [6.07, 6.45) is 10.6. The van der Waals surface area contributed by atoms with Crippen LogP contribution in [0, 0.1) is 0 Å². The van der Waals surface area contributed by atoms with Crippen molar-refractivity contribution in [1.82, 2.24) is 9.55 Å². The van der Waals surface area contributed by atoms with Gasteiger partial charge >= 0.3 is 0 Å². The second-order valence-corrected chi connectivity index (χ2v) is 6.75. The number of benzene rings is 2. The second-order valence-electron chi connectivity index (χ2n) is 6.75. The van der Waals surface area contributed by atoms with Gasteiger partial charge < -0.3 is 9.30 Å². The fourth-order valence-corrected chi connectivity index (χ4v) is 3.63. The molecule has 1 aliphatic carbocycles. The minimum absolute atomic E-state index is 0.594. The van der Waals surface area contributed by atoms with Gasteiger partial charge in [-0.15, -0.1) is 0 Å². The molecule has 0 saturated heterocycles. The highest BCUT2D eigenvalue weighted by atomic mass is 16.5. The molecule has 1 aromatic heterocycles. The molecule has 0 unspecified atom stereocenters. The first-order chi connectivity index (χ1) is 12.4. The van der Waals surface area contributed by atoms with Crippen LogP contribution in [0.5, 0.6) is 5.75 Å². The quantitative estimate of drug-likeness (QED) is 0.605. The van der Waals surface area contributed by atoms with E-state index >= 15 is 0 Å². The summed E-state index contributed by atoms with van der Waals surface area (Å²) in [5.41, 5.74) is 2.34. The minimum Gasteiger partial charge on any atom is -0.489 e. The molecule has 3 aromatic rings. The van der Waals surface area contributed by atoms with Crippen molar-refractivity contribution < 1.29 is 4.74 Å². The summed E-state index contributed by atoms with van der Waals surface area (Å²) in [5.74, 6) is 1.96. The highest BCUT2D eigenvalue weighted by Gasteiger charge is 2.18. The smallest absolute Gasteiger partial charge is 0.140 e. The Bertz CT molecular complexity index is 786. The number of hydrogen-bond acceptors (Lipinski definition) is 2. The van der Waals surface area contributed by atoms with Gasteiger partial charge in [0.15, 0.2) is 0 Å². The van der Waals surface area contributed by atoms with Crippen molar-refractivity contribution in [3.8, 4) is 17.1 Å². The van der Waals surface area contributed by atoms with Gasteiger partial charge in [-0.05, 0) is 42.7 Å². The molecule has 1 saturated carbocycles. The Morgan fingerprint density at radius 3 is 2.44 bits per heavy atom. The van der Waals surface area contributed by atoms with Crippen molar-refractivity contribution >= 4 is 0 Å². The van der Waals surface area contributed by atoms with Gasteiger partial charge in [-0.1, -0.05) is 49.6 Å². The normalized spacial score (nSPS) is 15.2. The zero-order valence-corrected chi connectivity index (χ0v) is 14.5. The Hall–Kier alpha value is -2.55. The van der Waals surface area contributed by atoms with E-state index in [-0.39, 0.29) is 0 Å². The van der Waals surface area contributed by atoms with Gasteiger partial charge in [0.25, 0.3) is 0 Å². The first kappa shape index (κ1) is 15.9. The summed E-state index contributed by atoms with van der Waals surface area (Å²) in [7, 11) is 0. The van der Waals surface area contributed by atoms with Crippen molar-refractivity contribution in [3.05, 3.63) is 72.6 Å². The van der Waals surface area contributed by atoms with E-state index < -0.39 is 0 Å². The number of ether oxygens (including phenoxy) is 1. The maximum absolute atomic E-state index is 5.88. The number of nitrogens with zero attached hydrogens (tertiary/aromatic N) is 2. The van der Waals surface area contributed by atoms with Crippen molar-refractivity contribution in [3.63, 3.8) is 0 Å². The van der Waals surface area contributed by atoms with Gasteiger partial charge in [0.05, 0.1) is 0 Å². The third-order valence-electron chi connectivity index (χ3n) is 5.00. The predicted octanol–water partition coefficient (Wildman–Crippen LogP) is 5.63. The number of rotatable bonds is 5. The van der Waals surface area contributed by atoms with Crippen LogP contribution in [0.2, 0.25) is 0 Å². The highest BCUT2D eigenvalue weighted by Crippen LogP contribution is 2.32. The molecule has 0 atom stereocenters. The Kier molecular flexibility index (Phi) is 4.82. The third-order valence-corrected chi connectivity index (χ3v) is 5.00. The van der Waals surface area contributed by atoms with Crippen LogP contribution in [0.25, 0.3) is 11.4 Å². The maximum Gasteiger partial charge on any atom is 0.140 e. The highest BCUT2D eigenvalue weighted by molar-refractivity contribution is 5.57. The topological polar surface area (TPSA) is 27.1 Å². The number of aromatic nitrogens is 2. The van der Waals surface area contributed by atoms with Crippen LogP contribution >= 0.6 is 0 Å². The molecule has 1 heterocycles. The average Bonchev–Trinajstić information content (AvgIpc) is 3.18. The van der Waals surface area contributed by atoms with Gasteiger partial charge in [-0.25, -0.2) is 4.98 Å². The Balaban J connectivity index is 1.46. The lowest BCUT2D eigenvalue weighted by molar-refractivity contribution is 0.306. The standard InChI is InChI=1S/C22H24N2O/c1-3-7-18(8-4-1)17-25-21-13-11-19(12-14-21)22-23-15-16-24(22)20-9-5-2-6-10-20/h1,3-4,7-8,11-16,20H,2,5-6,9-10,17H2. The van der Waals surface area contributed by atoms with Gasteiger partial charge in [-0.2, -0.15) is 0 Å². The van der Waals surface area contributed by atoms with Crippen LogP contribution in [-0.4, -0.2) is 9.55 Å². The van der Waals surface area contributed by atoms with Crippen LogP contribution < -0.4 is 4.74 Å². The van der Waals surface area contributed by atoms with E-state index in [4.69, 9.17) is 4.74 Å². The maximum atomic E-state index is 5.88. The van der Waals surface area contributed by atoms with Crippen LogP contribution in [0.3, 0.4) is 0 Å². The molecule has 1 aliphatic rings. The van der Waals surface area contributed by atoms with E-state index in [1.807, 2.05) is 36.5 Å². The molecular formula is C22H24N2O. The van der Waals surface area contributed by atoms with Crippen LogP contribution in [0.1, 0.15) is 43.7 Å². The lowest BCUT2D eigenvalue weighted by atomic mass is 9.95. The first-order valence-electron chi connectivity index (χ1n) is 9.20. The summed E-state index contributed by atoms with van der Waals surface area (Å²) in [6.45, 7) is 0.594. The zero-order valence-electron chi connectivity index (χ0n) is 14.5. The Morgan fingerprint density at radius 2 is 1.68 bits per heavy atom. The zero-order chi connectivity index (χ0) is 16.9. The predicted molar refractivity (Wildman–Crippen MR) is 101 cm³/mol. The minimum atomic E-state index is 0.594. The summed E-state index contributed by atoms with van der Waals surface area (Å²) >= 11 is 0. The van der Waals surface area contributed by atoms with Crippen molar-refractivity contribution in [2.45, 2.75) is 44.8 Å². The fraction of sp³-hybridized carbons (Fsp3) is 0.318. The molecule has 0 spiro atoms. The second kappa shape index (κ2) is 7.56. The van der Waals surface area contributed by atoms with Gasteiger partial charge in [-0.3, -0.25) is 0 Å². The Labute approximate surface area is 149 Å². The molecule has 1 fully saturated rings. The van der Waals surface area contributed by atoms with Crippen LogP contribution in [0.4, 0.5) is 0 Å². The summed E-state index contributed by atoms with van der Waals surface area (Å²) in [5, 5.41) is 0. The fourth-order valence-electron chi connectivity index (χ4n) is 3.63. The molecule has 0 aliphatic heterocycles. The lowest BCUT2D eigenvalue weighted by Crippen LogP contribution is -2.13. The van der Waals surface area contributed by atoms with E-state index in [2.05, 4.69) is 40.0 Å². The molecular weight excluding hydrogens is 308 g/mol. The molecule has 0 amide bonds.